The number of benzene rings is 4. The largest absolute Gasteiger partial charge is 0.294 e. The topological polar surface area (TPSA) is 69.8 Å². The van der Waals surface area contributed by atoms with Crippen molar-refractivity contribution in [1.29, 1.82) is 10.5 Å². The lowest BCUT2D eigenvalue weighted by Crippen LogP contribution is -1.96. The molecular weight excluding hydrogens is 486 g/mol. The third-order valence-corrected chi connectivity index (χ3v) is 8.04. The van der Waals surface area contributed by atoms with Gasteiger partial charge in [0.2, 0.25) is 0 Å². The third-order valence-electron chi connectivity index (χ3n) is 6.88. The molecule has 7 aromatic rings. The van der Waals surface area contributed by atoms with Crippen LogP contribution in [-0.4, -0.2) is 9.55 Å². The van der Waals surface area contributed by atoms with Crippen LogP contribution in [0.25, 0.3) is 63.8 Å². The second kappa shape index (κ2) is 8.29. The average molecular weight is 502 g/mol. The van der Waals surface area contributed by atoms with Gasteiger partial charge < -0.3 is 0 Å². The minimum atomic E-state index is 0.477. The van der Waals surface area contributed by atoms with E-state index in [4.69, 9.17) is 6.57 Å². The van der Waals surface area contributed by atoms with Crippen molar-refractivity contribution < 1.29 is 0 Å². The summed E-state index contributed by atoms with van der Waals surface area (Å²) in [6, 6.07) is 32.5. The van der Waals surface area contributed by atoms with Crippen molar-refractivity contribution in [3.05, 3.63) is 114 Å². The zero-order chi connectivity index (χ0) is 25.8. The van der Waals surface area contributed by atoms with Gasteiger partial charge >= 0.3 is 0 Å². The molecule has 0 bridgehead atoms. The van der Waals surface area contributed by atoms with E-state index in [0.29, 0.717) is 16.8 Å². The van der Waals surface area contributed by atoms with Crippen LogP contribution >= 0.6 is 11.3 Å². The lowest BCUT2D eigenvalue weighted by molar-refractivity contribution is 1.13. The Bertz CT molecular complexity index is 2160. The van der Waals surface area contributed by atoms with Crippen LogP contribution in [0.15, 0.2) is 91.1 Å². The molecule has 0 fully saturated rings. The van der Waals surface area contributed by atoms with E-state index in [1.165, 1.54) is 9.40 Å². The van der Waals surface area contributed by atoms with Crippen LogP contribution in [0.2, 0.25) is 0 Å². The van der Waals surface area contributed by atoms with Crippen LogP contribution in [0.5, 0.6) is 0 Å². The Kier molecular flexibility index (Phi) is 4.75. The molecule has 3 aromatic heterocycles. The fraction of sp³-hybridized carbons (Fsp3) is 0. The first-order valence-electron chi connectivity index (χ1n) is 11.9. The van der Waals surface area contributed by atoms with E-state index in [1.54, 1.807) is 23.6 Å². The fourth-order valence-corrected chi connectivity index (χ4v) is 6.19. The molecule has 0 unspecified atom stereocenters. The Morgan fingerprint density at radius 2 is 1.50 bits per heavy atom. The van der Waals surface area contributed by atoms with Crippen molar-refractivity contribution in [3.63, 3.8) is 0 Å². The molecule has 0 saturated carbocycles. The van der Waals surface area contributed by atoms with Crippen molar-refractivity contribution in [3.8, 4) is 29.0 Å². The first-order chi connectivity index (χ1) is 18.7. The molecule has 0 aliphatic carbocycles. The maximum atomic E-state index is 9.47. The standard InChI is InChI=1S/C32H15N5S/c1-35-23-7-10-31-27(15-23)26-14-22(6-9-30(26)38-31)21-3-2-4-24(13-21)37-29-8-5-19(16-33)11-25(29)28-12-20(17-34)18-36-32(28)37/h2-15,18H. The highest BCUT2D eigenvalue weighted by molar-refractivity contribution is 7.25. The second-order valence-electron chi connectivity index (χ2n) is 9.04. The van der Waals surface area contributed by atoms with Gasteiger partial charge in [-0.1, -0.05) is 30.3 Å². The summed E-state index contributed by atoms with van der Waals surface area (Å²) >= 11 is 1.73. The summed E-state index contributed by atoms with van der Waals surface area (Å²) in [7, 11) is 0. The van der Waals surface area contributed by atoms with Gasteiger partial charge in [0.15, 0.2) is 5.69 Å². The van der Waals surface area contributed by atoms with Crippen molar-refractivity contribution >= 4 is 59.1 Å². The van der Waals surface area contributed by atoms with Crippen LogP contribution in [0, 0.1) is 29.2 Å². The molecule has 0 aliphatic heterocycles. The summed E-state index contributed by atoms with van der Waals surface area (Å²) in [6.45, 7) is 7.40. The number of rotatable bonds is 2. The molecule has 6 heteroatoms. The van der Waals surface area contributed by atoms with Gasteiger partial charge in [-0.3, -0.25) is 4.57 Å². The van der Waals surface area contributed by atoms with E-state index < -0.39 is 0 Å². The van der Waals surface area contributed by atoms with Gasteiger partial charge in [-0.05, 0) is 76.5 Å². The summed E-state index contributed by atoms with van der Waals surface area (Å²) in [5, 5.41) is 22.9. The predicted octanol–water partition coefficient (Wildman–Crippen LogP) is 8.51. The van der Waals surface area contributed by atoms with Crippen LogP contribution in [0.4, 0.5) is 5.69 Å². The van der Waals surface area contributed by atoms with Gasteiger partial charge in [0.1, 0.15) is 11.7 Å². The molecule has 0 N–H and O–H groups in total. The van der Waals surface area contributed by atoms with Gasteiger partial charge in [-0.2, -0.15) is 10.5 Å². The van der Waals surface area contributed by atoms with E-state index in [-0.39, 0.29) is 0 Å². The maximum absolute atomic E-state index is 9.47. The van der Waals surface area contributed by atoms with E-state index >= 15 is 0 Å². The van der Waals surface area contributed by atoms with Gasteiger partial charge in [-0.15, -0.1) is 11.3 Å². The molecule has 0 amide bonds. The maximum Gasteiger partial charge on any atom is 0.187 e. The molecule has 0 spiro atoms. The van der Waals surface area contributed by atoms with E-state index in [0.717, 1.165) is 49.5 Å². The van der Waals surface area contributed by atoms with Gasteiger partial charge in [0, 0.05) is 32.1 Å². The number of hydrogen-bond acceptors (Lipinski definition) is 4. The van der Waals surface area contributed by atoms with Gasteiger partial charge in [0.25, 0.3) is 0 Å². The first-order valence-corrected chi connectivity index (χ1v) is 12.7. The molecule has 5 nitrogen and oxygen atoms in total. The summed E-state index contributed by atoms with van der Waals surface area (Å²) in [6.07, 6.45) is 1.58. The zero-order valence-electron chi connectivity index (χ0n) is 19.8. The highest BCUT2D eigenvalue weighted by Gasteiger charge is 2.16. The van der Waals surface area contributed by atoms with Crippen molar-refractivity contribution in [2.24, 2.45) is 0 Å². The summed E-state index contributed by atoms with van der Waals surface area (Å²) in [4.78, 5) is 8.25. The Morgan fingerprint density at radius 1 is 0.737 bits per heavy atom. The quantitative estimate of drug-likeness (QED) is 0.223. The van der Waals surface area contributed by atoms with Crippen molar-refractivity contribution in [2.45, 2.75) is 0 Å². The predicted molar refractivity (Wildman–Crippen MR) is 153 cm³/mol. The molecule has 0 saturated heterocycles. The molecule has 3 heterocycles. The summed E-state index contributed by atoms with van der Waals surface area (Å²) in [5.74, 6) is 0. The van der Waals surface area contributed by atoms with Crippen LogP contribution in [0.1, 0.15) is 11.1 Å². The third kappa shape index (κ3) is 3.25. The fourth-order valence-electron chi connectivity index (χ4n) is 5.13. The molecule has 7 rings (SSSR count). The summed E-state index contributed by atoms with van der Waals surface area (Å²) in [5.41, 5.74) is 6.41. The first kappa shape index (κ1) is 21.8. The van der Waals surface area contributed by atoms with Crippen LogP contribution in [0.3, 0.4) is 0 Å². The number of thiophene rings is 1. The number of nitriles is 2. The Labute approximate surface area is 221 Å². The highest BCUT2D eigenvalue weighted by Crippen LogP contribution is 2.39. The molecule has 174 valence electrons. The monoisotopic (exact) mass is 501 g/mol. The smallest absolute Gasteiger partial charge is 0.187 e. The molecule has 0 radical (unpaired) electrons. The minimum absolute atomic E-state index is 0.477. The van der Waals surface area contributed by atoms with E-state index in [9.17, 15) is 10.5 Å². The lowest BCUT2D eigenvalue weighted by atomic mass is 10.0. The summed E-state index contributed by atoms with van der Waals surface area (Å²) < 4.78 is 4.44. The van der Waals surface area contributed by atoms with Gasteiger partial charge in [-0.25, -0.2) is 9.83 Å². The number of pyridine rings is 1. The van der Waals surface area contributed by atoms with Crippen LogP contribution in [-0.2, 0) is 0 Å². The normalized spacial score (nSPS) is 11.1. The molecule has 0 aliphatic rings. The molecule has 0 atom stereocenters. The lowest BCUT2D eigenvalue weighted by Gasteiger charge is -2.10. The molecular formula is C32H15N5S. The number of nitrogens with zero attached hydrogens (tertiary/aromatic N) is 5. The van der Waals surface area contributed by atoms with E-state index in [1.807, 2.05) is 48.5 Å². The highest BCUT2D eigenvalue weighted by atomic mass is 32.1. The van der Waals surface area contributed by atoms with Gasteiger partial charge in [0.05, 0.1) is 29.3 Å². The number of fused-ring (bicyclic) bond motifs is 6. The Balaban J connectivity index is 1.44. The number of hydrogen-bond donors (Lipinski definition) is 0. The SMILES string of the molecule is [C-]#[N+]c1ccc2sc3ccc(-c4cccc(-n5c6ccc(C#N)cc6c6cc(C#N)cnc65)c4)cc3c2c1. The Morgan fingerprint density at radius 3 is 2.32 bits per heavy atom. The van der Waals surface area contributed by atoms with Crippen LogP contribution < -0.4 is 0 Å². The number of aromatic nitrogens is 2. The molecule has 4 aromatic carbocycles. The average Bonchev–Trinajstić information content (AvgIpc) is 3.50. The molecule has 38 heavy (non-hydrogen) atoms. The minimum Gasteiger partial charge on any atom is -0.294 e. The second-order valence-corrected chi connectivity index (χ2v) is 10.1. The van der Waals surface area contributed by atoms with Crippen molar-refractivity contribution in [1.82, 2.24) is 9.55 Å². The Hall–Kier alpha value is -5.48. The zero-order valence-corrected chi connectivity index (χ0v) is 20.6. The van der Waals surface area contributed by atoms with Crippen molar-refractivity contribution in [2.75, 3.05) is 0 Å². The van der Waals surface area contributed by atoms with E-state index in [2.05, 4.69) is 56.9 Å².